The van der Waals surface area contributed by atoms with Crippen LogP contribution in [0.1, 0.15) is 38.8 Å². The lowest BCUT2D eigenvalue weighted by atomic mass is 10.0. The van der Waals surface area contributed by atoms with E-state index in [1.54, 1.807) is 0 Å². The van der Waals surface area contributed by atoms with Gasteiger partial charge in [0.15, 0.2) is 0 Å². The van der Waals surface area contributed by atoms with Gasteiger partial charge in [-0.05, 0) is 28.5 Å². The molecule has 3 nitrogen and oxygen atoms in total. The quantitative estimate of drug-likeness (QED) is 0.837. The molecule has 0 unspecified atom stereocenters. The highest BCUT2D eigenvalue weighted by Gasteiger charge is 2.68. The van der Waals surface area contributed by atoms with Gasteiger partial charge in [-0.3, -0.25) is 4.79 Å². The Morgan fingerprint density at radius 3 is 2.52 bits per heavy atom. The smallest absolute Gasteiger partial charge is 0.224 e. The van der Waals surface area contributed by atoms with Crippen LogP contribution in [0.4, 0.5) is 0 Å². The molecule has 0 atom stereocenters. The van der Waals surface area contributed by atoms with E-state index < -0.39 is 0 Å². The fourth-order valence-electron chi connectivity index (χ4n) is 3.06. The molecule has 2 rings (SSSR count). The lowest BCUT2D eigenvalue weighted by Gasteiger charge is -2.07. The maximum Gasteiger partial charge on any atom is 0.224 e. The molecule has 1 aromatic rings. The summed E-state index contributed by atoms with van der Waals surface area (Å²) in [5.41, 5.74) is 7.51. The summed E-state index contributed by atoms with van der Waals surface area (Å²) >= 11 is 0. The summed E-state index contributed by atoms with van der Waals surface area (Å²) < 4.78 is 0. The largest absolute Gasteiger partial charge is 0.352 e. The first-order chi connectivity index (χ1) is 9.80. The molecule has 1 aliphatic rings. The molecule has 3 heteroatoms. The Bertz CT molecular complexity index is 591. The predicted molar refractivity (Wildman–Crippen MR) is 85.3 cm³/mol. The molecular weight excluding hydrogens is 260 g/mol. The van der Waals surface area contributed by atoms with Gasteiger partial charge in [0.25, 0.3) is 0 Å². The van der Waals surface area contributed by atoms with Gasteiger partial charge >= 0.3 is 0 Å². The van der Waals surface area contributed by atoms with Gasteiger partial charge in [0.05, 0.1) is 6.54 Å². The van der Waals surface area contributed by atoms with Gasteiger partial charge in [-0.15, -0.1) is 0 Å². The van der Waals surface area contributed by atoms with Crippen LogP contribution in [0.5, 0.6) is 0 Å². The summed E-state index contributed by atoms with van der Waals surface area (Å²) in [7, 11) is 0. The van der Waals surface area contributed by atoms with Crippen molar-refractivity contribution in [2.45, 2.75) is 34.2 Å². The van der Waals surface area contributed by atoms with Crippen LogP contribution in [0.15, 0.2) is 24.3 Å². The van der Waals surface area contributed by atoms with Crippen molar-refractivity contribution in [3.8, 4) is 11.8 Å². The van der Waals surface area contributed by atoms with Crippen LogP contribution >= 0.6 is 0 Å². The van der Waals surface area contributed by atoms with Gasteiger partial charge in [0, 0.05) is 18.0 Å². The summed E-state index contributed by atoms with van der Waals surface area (Å²) in [6.45, 7) is 9.51. The van der Waals surface area contributed by atoms with E-state index in [1.165, 1.54) is 0 Å². The van der Waals surface area contributed by atoms with Crippen molar-refractivity contribution in [1.29, 1.82) is 0 Å². The monoisotopic (exact) mass is 284 g/mol. The van der Waals surface area contributed by atoms with E-state index in [4.69, 9.17) is 5.73 Å². The van der Waals surface area contributed by atoms with E-state index in [1.807, 2.05) is 24.3 Å². The number of amides is 1. The molecule has 0 heterocycles. The van der Waals surface area contributed by atoms with Gasteiger partial charge in [0.1, 0.15) is 0 Å². The molecule has 0 aromatic heterocycles. The zero-order valence-electron chi connectivity index (χ0n) is 13.3. The summed E-state index contributed by atoms with van der Waals surface area (Å²) in [4.78, 5) is 12.3. The molecule has 1 fully saturated rings. The Hall–Kier alpha value is -1.79. The number of nitrogens with one attached hydrogen (secondary N) is 1. The molecule has 1 amide bonds. The number of hydrogen-bond donors (Lipinski definition) is 2. The first-order valence-corrected chi connectivity index (χ1v) is 7.36. The first-order valence-electron chi connectivity index (χ1n) is 7.36. The molecule has 0 bridgehead atoms. The fourth-order valence-corrected chi connectivity index (χ4v) is 3.06. The minimum Gasteiger partial charge on any atom is -0.352 e. The van der Waals surface area contributed by atoms with Crippen LogP contribution in [0.25, 0.3) is 0 Å². The maximum atomic E-state index is 12.3. The number of carbonyl (C=O) groups is 1. The minimum atomic E-state index is 0.0749. The number of benzene rings is 1. The Morgan fingerprint density at radius 2 is 1.95 bits per heavy atom. The molecule has 1 aromatic carbocycles. The highest BCUT2D eigenvalue weighted by Crippen LogP contribution is 2.68. The fraction of sp³-hybridized carbons (Fsp3) is 0.500. The van der Waals surface area contributed by atoms with E-state index in [2.05, 4.69) is 44.9 Å². The molecule has 112 valence electrons. The third-order valence-electron chi connectivity index (χ3n) is 5.01. The molecule has 0 saturated heterocycles. The summed E-state index contributed by atoms with van der Waals surface area (Å²) in [5, 5.41) is 3.04. The van der Waals surface area contributed by atoms with Gasteiger partial charge in [-0.1, -0.05) is 51.7 Å². The molecule has 1 saturated carbocycles. The van der Waals surface area contributed by atoms with E-state index in [0.717, 1.165) is 11.1 Å². The summed E-state index contributed by atoms with van der Waals surface area (Å²) in [5.74, 6) is 6.07. The Morgan fingerprint density at radius 1 is 1.29 bits per heavy atom. The lowest BCUT2D eigenvalue weighted by Crippen LogP contribution is -2.26. The van der Waals surface area contributed by atoms with Crippen molar-refractivity contribution < 1.29 is 4.79 Å². The summed E-state index contributed by atoms with van der Waals surface area (Å²) in [6.07, 6.45) is 0. The number of carbonyl (C=O) groups excluding carboxylic acids is 1. The van der Waals surface area contributed by atoms with Crippen molar-refractivity contribution in [2.24, 2.45) is 22.5 Å². The second-order valence-electron chi connectivity index (χ2n) is 6.80. The van der Waals surface area contributed by atoms with Crippen LogP contribution in [0.2, 0.25) is 0 Å². The second-order valence-corrected chi connectivity index (χ2v) is 6.80. The Kier molecular flexibility index (Phi) is 4.11. The number of rotatable bonds is 3. The lowest BCUT2D eigenvalue weighted by molar-refractivity contribution is -0.123. The van der Waals surface area contributed by atoms with Crippen LogP contribution < -0.4 is 11.1 Å². The van der Waals surface area contributed by atoms with Crippen molar-refractivity contribution in [2.75, 3.05) is 6.54 Å². The molecule has 21 heavy (non-hydrogen) atoms. The first kappa shape index (κ1) is 15.6. The second kappa shape index (κ2) is 5.54. The van der Waals surface area contributed by atoms with Crippen molar-refractivity contribution in [3.05, 3.63) is 35.4 Å². The van der Waals surface area contributed by atoms with Crippen LogP contribution in [-0.2, 0) is 11.3 Å². The number of nitrogens with two attached hydrogens (primary N) is 1. The minimum absolute atomic E-state index is 0.0749. The van der Waals surface area contributed by atoms with E-state index in [-0.39, 0.29) is 22.7 Å². The normalized spacial score (nSPS) is 18.5. The van der Waals surface area contributed by atoms with Gasteiger partial charge in [0.2, 0.25) is 5.91 Å². The zero-order chi connectivity index (χ0) is 15.7. The topological polar surface area (TPSA) is 55.1 Å². The average Bonchev–Trinajstić information content (AvgIpc) is 2.84. The Balaban J connectivity index is 1.97. The van der Waals surface area contributed by atoms with Crippen LogP contribution in [-0.4, -0.2) is 12.5 Å². The molecule has 0 radical (unpaired) electrons. The Labute approximate surface area is 127 Å². The van der Waals surface area contributed by atoms with E-state index >= 15 is 0 Å². The van der Waals surface area contributed by atoms with E-state index in [9.17, 15) is 4.79 Å². The van der Waals surface area contributed by atoms with Crippen LogP contribution in [0, 0.1) is 28.6 Å². The van der Waals surface area contributed by atoms with Gasteiger partial charge in [-0.25, -0.2) is 0 Å². The van der Waals surface area contributed by atoms with Crippen molar-refractivity contribution >= 4 is 5.91 Å². The van der Waals surface area contributed by atoms with E-state index in [0.29, 0.717) is 13.1 Å². The van der Waals surface area contributed by atoms with Gasteiger partial charge < -0.3 is 11.1 Å². The zero-order valence-corrected chi connectivity index (χ0v) is 13.3. The molecule has 1 aliphatic carbocycles. The highest BCUT2D eigenvalue weighted by molar-refractivity contribution is 5.84. The third kappa shape index (κ3) is 2.96. The molecule has 3 N–H and O–H groups in total. The molecular formula is C18H24N2O. The van der Waals surface area contributed by atoms with Crippen molar-refractivity contribution in [3.63, 3.8) is 0 Å². The predicted octanol–water partition coefficient (Wildman–Crippen LogP) is 2.30. The third-order valence-corrected chi connectivity index (χ3v) is 5.01. The SMILES string of the molecule is CC1(C)C(C(=O)NCc2cccc(C#CCN)c2)C1(C)C. The van der Waals surface area contributed by atoms with Gasteiger partial charge in [-0.2, -0.15) is 0 Å². The summed E-state index contributed by atoms with van der Waals surface area (Å²) in [6, 6.07) is 7.89. The standard InChI is InChI=1S/C18H24N2O/c1-17(2)15(18(17,3)4)16(21)20-12-14-8-5-7-13(11-14)9-6-10-19/h5,7-8,11,15H,10,12,19H2,1-4H3,(H,20,21). The average molecular weight is 284 g/mol. The highest BCUT2D eigenvalue weighted by atomic mass is 16.2. The van der Waals surface area contributed by atoms with Crippen LogP contribution in [0.3, 0.4) is 0 Å². The van der Waals surface area contributed by atoms with Crippen molar-refractivity contribution in [1.82, 2.24) is 5.32 Å². The molecule has 0 aliphatic heterocycles. The molecule has 0 spiro atoms. The number of hydrogen-bond acceptors (Lipinski definition) is 2. The maximum absolute atomic E-state index is 12.3.